The van der Waals surface area contributed by atoms with Crippen molar-refractivity contribution >= 4 is 5.69 Å². The molecule has 0 fully saturated rings. The number of rotatable bonds is 3. The summed E-state index contributed by atoms with van der Waals surface area (Å²) in [4.78, 5) is 14.0. The van der Waals surface area contributed by atoms with Crippen LogP contribution in [-0.2, 0) is 0 Å². The minimum absolute atomic E-state index is 0.0245. The van der Waals surface area contributed by atoms with Crippen molar-refractivity contribution in [1.82, 2.24) is 10.3 Å². The fraction of sp³-hybridized carbons (Fsp3) is 0.364. The van der Waals surface area contributed by atoms with Crippen LogP contribution < -0.4 is 5.32 Å². The van der Waals surface area contributed by atoms with Crippen molar-refractivity contribution in [2.24, 2.45) is 0 Å². The molecule has 0 saturated carbocycles. The maximum absolute atomic E-state index is 10.5. The first-order valence-electron chi connectivity index (χ1n) is 4.89. The third-order valence-corrected chi connectivity index (χ3v) is 2.01. The molecule has 0 atom stereocenters. The summed E-state index contributed by atoms with van der Waals surface area (Å²) in [6, 6.07) is 1.45. The Balaban J connectivity index is 2.88. The van der Waals surface area contributed by atoms with E-state index in [1.807, 2.05) is 7.05 Å². The van der Waals surface area contributed by atoms with Gasteiger partial charge in [0.1, 0.15) is 6.20 Å². The monoisotopic (exact) mass is 219 g/mol. The zero-order chi connectivity index (χ0) is 12.0. The van der Waals surface area contributed by atoms with Gasteiger partial charge in [0.05, 0.1) is 16.2 Å². The normalized spacial score (nSPS) is 9.38. The summed E-state index contributed by atoms with van der Waals surface area (Å²) in [5.74, 6) is 5.82. The second-order valence-electron chi connectivity index (χ2n) is 3.24. The van der Waals surface area contributed by atoms with Gasteiger partial charge in [-0.15, -0.1) is 0 Å². The number of nitro groups is 1. The third-order valence-electron chi connectivity index (χ3n) is 2.01. The lowest BCUT2D eigenvalue weighted by Crippen LogP contribution is -2.05. The second-order valence-corrected chi connectivity index (χ2v) is 3.24. The maximum atomic E-state index is 10.5. The average Bonchev–Trinajstić information content (AvgIpc) is 2.26. The Morgan fingerprint density at radius 1 is 1.62 bits per heavy atom. The van der Waals surface area contributed by atoms with Crippen LogP contribution in [-0.4, -0.2) is 23.5 Å². The topological polar surface area (TPSA) is 68.1 Å². The van der Waals surface area contributed by atoms with E-state index in [0.29, 0.717) is 17.7 Å². The molecule has 0 saturated heterocycles. The average molecular weight is 219 g/mol. The summed E-state index contributed by atoms with van der Waals surface area (Å²) in [6.07, 6.45) is 1.95. The molecule has 5 nitrogen and oxygen atoms in total. The molecule has 0 bridgehead atoms. The van der Waals surface area contributed by atoms with Gasteiger partial charge in [-0.25, -0.2) is 0 Å². The highest BCUT2D eigenvalue weighted by Crippen LogP contribution is 2.13. The predicted molar refractivity (Wildman–Crippen MR) is 61.1 cm³/mol. The zero-order valence-electron chi connectivity index (χ0n) is 9.28. The van der Waals surface area contributed by atoms with E-state index in [0.717, 1.165) is 6.54 Å². The van der Waals surface area contributed by atoms with E-state index in [-0.39, 0.29) is 5.69 Å². The van der Waals surface area contributed by atoms with Crippen LogP contribution in [0, 0.1) is 28.9 Å². The molecule has 1 N–H and O–H groups in total. The fourth-order valence-corrected chi connectivity index (χ4v) is 1.09. The van der Waals surface area contributed by atoms with Crippen molar-refractivity contribution in [1.29, 1.82) is 0 Å². The SMILES string of the molecule is CNCCC#Cc1cc([N+](=O)[O-])cnc1C. The molecule has 84 valence electrons. The Hall–Kier alpha value is -1.93. The molecular weight excluding hydrogens is 206 g/mol. The molecule has 0 aliphatic carbocycles. The molecule has 0 aliphatic heterocycles. The molecule has 0 spiro atoms. The number of nitrogens with one attached hydrogen (secondary N) is 1. The van der Waals surface area contributed by atoms with Crippen molar-refractivity contribution in [3.05, 3.63) is 33.6 Å². The molecule has 1 heterocycles. The summed E-state index contributed by atoms with van der Waals surface area (Å²) >= 11 is 0. The van der Waals surface area contributed by atoms with Crippen LogP contribution in [0.3, 0.4) is 0 Å². The lowest BCUT2D eigenvalue weighted by molar-refractivity contribution is -0.385. The van der Waals surface area contributed by atoms with Crippen molar-refractivity contribution in [3.8, 4) is 11.8 Å². The Labute approximate surface area is 94.0 Å². The molecule has 0 amide bonds. The summed E-state index contributed by atoms with van der Waals surface area (Å²) < 4.78 is 0. The summed E-state index contributed by atoms with van der Waals surface area (Å²) in [6.45, 7) is 2.58. The number of pyridine rings is 1. The Bertz CT molecular complexity index is 446. The van der Waals surface area contributed by atoms with E-state index in [2.05, 4.69) is 22.1 Å². The van der Waals surface area contributed by atoms with Gasteiger partial charge in [-0.05, 0) is 14.0 Å². The van der Waals surface area contributed by atoms with E-state index in [9.17, 15) is 10.1 Å². The van der Waals surface area contributed by atoms with Gasteiger partial charge >= 0.3 is 0 Å². The minimum Gasteiger partial charge on any atom is -0.319 e. The quantitative estimate of drug-likeness (QED) is 0.359. The van der Waals surface area contributed by atoms with Crippen LogP contribution in [0.2, 0.25) is 0 Å². The first-order chi connectivity index (χ1) is 7.65. The van der Waals surface area contributed by atoms with Crippen LogP contribution in [0.15, 0.2) is 12.3 Å². The lowest BCUT2D eigenvalue weighted by atomic mass is 10.2. The zero-order valence-corrected chi connectivity index (χ0v) is 9.28. The highest BCUT2D eigenvalue weighted by atomic mass is 16.6. The van der Waals surface area contributed by atoms with Crippen LogP contribution in [0.25, 0.3) is 0 Å². The molecular formula is C11H13N3O2. The van der Waals surface area contributed by atoms with E-state index >= 15 is 0 Å². The van der Waals surface area contributed by atoms with Crippen molar-refractivity contribution < 1.29 is 4.92 Å². The largest absolute Gasteiger partial charge is 0.319 e. The maximum Gasteiger partial charge on any atom is 0.288 e. The van der Waals surface area contributed by atoms with Gasteiger partial charge in [0.2, 0.25) is 0 Å². The first-order valence-corrected chi connectivity index (χ1v) is 4.89. The molecule has 1 aromatic rings. The van der Waals surface area contributed by atoms with Gasteiger partial charge in [0.15, 0.2) is 0 Å². The minimum atomic E-state index is -0.467. The van der Waals surface area contributed by atoms with Gasteiger partial charge in [-0.2, -0.15) is 0 Å². The molecule has 16 heavy (non-hydrogen) atoms. The number of aryl methyl sites for hydroxylation is 1. The van der Waals surface area contributed by atoms with Crippen LogP contribution in [0.4, 0.5) is 5.69 Å². The number of nitrogens with zero attached hydrogens (tertiary/aromatic N) is 2. The highest BCUT2D eigenvalue weighted by molar-refractivity contribution is 5.44. The Morgan fingerprint density at radius 3 is 3.00 bits per heavy atom. The van der Waals surface area contributed by atoms with Crippen molar-refractivity contribution in [2.75, 3.05) is 13.6 Å². The Morgan fingerprint density at radius 2 is 2.38 bits per heavy atom. The van der Waals surface area contributed by atoms with Crippen molar-refractivity contribution in [3.63, 3.8) is 0 Å². The molecule has 5 heteroatoms. The third kappa shape index (κ3) is 3.33. The highest BCUT2D eigenvalue weighted by Gasteiger charge is 2.07. The second kappa shape index (κ2) is 5.83. The smallest absolute Gasteiger partial charge is 0.288 e. The predicted octanol–water partition coefficient (Wildman–Crippen LogP) is 1.26. The van der Waals surface area contributed by atoms with Crippen LogP contribution in [0.5, 0.6) is 0 Å². The Kier molecular flexibility index (Phi) is 4.42. The molecule has 0 aliphatic rings. The number of aromatic nitrogens is 1. The summed E-state index contributed by atoms with van der Waals surface area (Å²) in [5, 5.41) is 13.5. The van der Waals surface area contributed by atoms with E-state index < -0.39 is 4.92 Å². The van der Waals surface area contributed by atoms with Gasteiger partial charge < -0.3 is 5.32 Å². The molecule has 1 rings (SSSR count). The van der Waals surface area contributed by atoms with Gasteiger partial charge in [-0.1, -0.05) is 11.8 Å². The standard InChI is InChI=1S/C11H13N3O2/c1-9-10(5-3-4-6-12-2)7-11(8-13-9)14(15)16/h7-8,12H,4,6H2,1-2H3. The van der Waals surface area contributed by atoms with Crippen LogP contribution in [0.1, 0.15) is 17.7 Å². The van der Waals surface area contributed by atoms with Crippen molar-refractivity contribution in [2.45, 2.75) is 13.3 Å². The van der Waals surface area contributed by atoms with E-state index in [1.165, 1.54) is 12.3 Å². The first kappa shape index (κ1) is 12.1. The number of hydrogen-bond donors (Lipinski definition) is 1. The molecule has 0 unspecified atom stereocenters. The van der Waals surface area contributed by atoms with Gasteiger partial charge in [0.25, 0.3) is 5.69 Å². The van der Waals surface area contributed by atoms with E-state index in [1.54, 1.807) is 6.92 Å². The van der Waals surface area contributed by atoms with Gasteiger partial charge in [-0.3, -0.25) is 15.1 Å². The van der Waals surface area contributed by atoms with E-state index in [4.69, 9.17) is 0 Å². The molecule has 0 radical (unpaired) electrons. The molecule has 0 aromatic carbocycles. The summed E-state index contributed by atoms with van der Waals surface area (Å²) in [7, 11) is 1.85. The fourth-order valence-electron chi connectivity index (χ4n) is 1.09. The number of hydrogen-bond acceptors (Lipinski definition) is 4. The van der Waals surface area contributed by atoms with Gasteiger partial charge in [0, 0.05) is 19.0 Å². The molecule has 1 aromatic heterocycles. The summed E-state index contributed by atoms with van der Waals surface area (Å²) in [5.41, 5.74) is 1.30. The lowest BCUT2D eigenvalue weighted by Gasteiger charge is -1.96. The van der Waals surface area contributed by atoms with Crippen LogP contribution >= 0.6 is 0 Å².